The minimum absolute atomic E-state index is 0.421. The SMILES string of the molecule is C1=CCCC(c2c3ccccc3c(C3=CC(C4C=CC=CC4)=CC(C4=CCCC=C4)C3)c3ccccc23)=C1. The van der Waals surface area contributed by atoms with Crippen LogP contribution in [0.2, 0.25) is 0 Å². The van der Waals surface area contributed by atoms with Gasteiger partial charge in [-0.05, 0) is 93.5 Å². The van der Waals surface area contributed by atoms with Gasteiger partial charge in [-0.2, -0.15) is 0 Å². The molecule has 0 N–H and O–H groups in total. The van der Waals surface area contributed by atoms with Crippen molar-refractivity contribution in [2.45, 2.75) is 38.5 Å². The summed E-state index contributed by atoms with van der Waals surface area (Å²) in [4.78, 5) is 0. The van der Waals surface area contributed by atoms with E-state index in [0.29, 0.717) is 11.8 Å². The van der Waals surface area contributed by atoms with Crippen molar-refractivity contribution in [3.8, 4) is 0 Å². The summed E-state index contributed by atoms with van der Waals surface area (Å²) in [5.41, 5.74) is 8.74. The van der Waals surface area contributed by atoms with Gasteiger partial charge in [0.2, 0.25) is 0 Å². The van der Waals surface area contributed by atoms with Gasteiger partial charge in [-0.3, -0.25) is 0 Å². The summed E-state index contributed by atoms with van der Waals surface area (Å²) in [5, 5.41) is 5.53. The van der Waals surface area contributed by atoms with Gasteiger partial charge in [-0.1, -0.05) is 121 Å². The molecule has 38 heavy (non-hydrogen) atoms. The Balaban J connectivity index is 1.47. The fourth-order valence-corrected chi connectivity index (χ4v) is 6.82. The Morgan fingerprint density at radius 1 is 0.605 bits per heavy atom. The van der Waals surface area contributed by atoms with Crippen molar-refractivity contribution in [2.75, 3.05) is 0 Å². The van der Waals surface area contributed by atoms with Gasteiger partial charge in [-0.25, -0.2) is 0 Å². The van der Waals surface area contributed by atoms with Crippen LogP contribution in [0.25, 0.3) is 32.7 Å². The van der Waals surface area contributed by atoms with E-state index >= 15 is 0 Å². The van der Waals surface area contributed by atoms with Crippen LogP contribution in [-0.2, 0) is 0 Å². The normalized spacial score (nSPS) is 22.8. The third kappa shape index (κ3) is 4.19. The monoisotopic (exact) mass is 490 g/mol. The number of hydrogen-bond donors (Lipinski definition) is 0. The fraction of sp³-hybridized carbons (Fsp3) is 0.211. The molecule has 186 valence electrons. The first-order valence-corrected chi connectivity index (χ1v) is 14.3. The largest absolute Gasteiger partial charge is 0.0842 e. The van der Waals surface area contributed by atoms with Gasteiger partial charge in [0.15, 0.2) is 0 Å². The van der Waals surface area contributed by atoms with Gasteiger partial charge in [0.1, 0.15) is 0 Å². The van der Waals surface area contributed by atoms with E-state index in [4.69, 9.17) is 0 Å². The molecule has 0 aliphatic heterocycles. The zero-order valence-corrected chi connectivity index (χ0v) is 21.9. The molecule has 7 rings (SSSR count). The molecule has 0 bridgehead atoms. The van der Waals surface area contributed by atoms with Crippen molar-refractivity contribution < 1.29 is 0 Å². The Kier molecular flexibility index (Phi) is 6.18. The smallest absolute Gasteiger partial charge is 0.00613 e. The molecule has 0 saturated carbocycles. The molecule has 4 aliphatic carbocycles. The highest BCUT2D eigenvalue weighted by Gasteiger charge is 2.26. The third-order valence-corrected chi connectivity index (χ3v) is 8.62. The highest BCUT2D eigenvalue weighted by molar-refractivity contribution is 6.16. The van der Waals surface area contributed by atoms with Crippen LogP contribution in [-0.4, -0.2) is 0 Å². The first-order valence-electron chi connectivity index (χ1n) is 14.3. The first-order chi connectivity index (χ1) is 18.9. The van der Waals surface area contributed by atoms with Crippen LogP contribution >= 0.6 is 0 Å². The maximum atomic E-state index is 2.57. The van der Waals surface area contributed by atoms with Gasteiger partial charge >= 0.3 is 0 Å². The minimum Gasteiger partial charge on any atom is -0.0842 e. The van der Waals surface area contributed by atoms with Gasteiger partial charge in [-0.15, -0.1) is 0 Å². The lowest BCUT2D eigenvalue weighted by molar-refractivity contribution is 0.722. The van der Waals surface area contributed by atoms with Crippen LogP contribution in [0.15, 0.2) is 133 Å². The molecular formula is C38H34. The Bertz CT molecular complexity index is 1600. The predicted molar refractivity (Wildman–Crippen MR) is 165 cm³/mol. The number of benzene rings is 3. The second kappa shape index (κ2) is 10.1. The van der Waals surface area contributed by atoms with Crippen LogP contribution in [0, 0.1) is 11.8 Å². The number of hydrogen-bond acceptors (Lipinski definition) is 0. The van der Waals surface area contributed by atoms with Crippen LogP contribution in [0.5, 0.6) is 0 Å². The predicted octanol–water partition coefficient (Wildman–Crippen LogP) is 10.5. The summed E-state index contributed by atoms with van der Waals surface area (Å²) in [6.45, 7) is 0. The first kappa shape index (κ1) is 23.2. The second-order valence-electron chi connectivity index (χ2n) is 11.0. The summed E-state index contributed by atoms with van der Waals surface area (Å²) in [7, 11) is 0. The Morgan fingerprint density at radius 3 is 1.95 bits per heavy atom. The van der Waals surface area contributed by atoms with Gasteiger partial charge in [0.25, 0.3) is 0 Å². The quantitative estimate of drug-likeness (QED) is 0.319. The van der Waals surface area contributed by atoms with E-state index in [0.717, 1.165) is 38.5 Å². The van der Waals surface area contributed by atoms with Crippen LogP contribution in [0.3, 0.4) is 0 Å². The van der Waals surface area contributed by atoms with Crippen molar-refractivity contribution in [1.82, 2.24) is 0 Å². The summed E-state index contributed by atoms with van der Waals surface area (Å²) in [6, 6.07) is 18.3. The minimum atomic E-state index is 0.421. The van der Waals surface area contributed by atoms with E-state index in [1.807, 2.05) is 0 Å². The maximum Gasteiger partial charge on any atom is 0.00613 e. The van der Waals surface area contributed by atoms with Crippen molar-refractivity contribution in [1.29, 1.82) is 0 Å². The van der Waals surface area contributed by atoms with E-state index in [9.17, 15) is 0 Å². The topological polar surface area (TPSA) is 0 Å². The van der Waals surface area contributed by atoms with E-state index in [1.165, 1.54) is 55.0 Å². The highest BCUT2D eigenvalue weighted by atomic mass is 14.3. The molecule has 0 nitrogen and oxygen atoms in total. The summed E-state index contributed by atoms with van der Waals surface area (Å²) in [5.74, 6) is 0.867. The Labute approximate surface area is 226 Å². The Morgan fingerprint density at radius 2 is 1.34 bits per heavy atom. The van der Waals surface area contributed by atoms with Crippen LogP contribution in [0.1, 0.15) is 49.7 Å². The zero-order valence-electron chi connectivity index (χ0n) is 21.9. The molecule has 3 aromatic carbocycles. The standard InChI is InChI=1S/C38H34/c1-4-14-27(15-5-1)30-24-31(28-16-6-2-7-17-28)26-32(25-30)38-35-22-12-10-20-33(35)37(29-18-8-3-9-19-29)34-21-11-13-23-36(34)38/h1,3-6,8,10-14,16-18,20-25,27,31H,2,7,9,15,19,26H2. The van der Waals surface area contributed by atoms with Crippen molar-refractivity contribution in [3.05, 3.63) is 144 Å². The van der Waals surface area contributed by atoms with E-state index < -0.39 is 0 Å². The molecule has 0 amide bonds. The molecule has 3 aromatic rings. The van der Waals surface area contributed by atoms with Gasteiger partial charge in [0.05, 0.1) is 0 Å². The molecule has 0 fully saturated rings. The fourth-order valence-electron chi connectivity index (χ4n) is 6.82. The molecule has 4 aliphatic rings. The maximum absolute atomic E-state index is 2.57. The Hall–Kier alpha value is -3.90. The molecule has 0 radical (unpaired) electrons. The van der Waals surface area contributed by atoms with Crippen LogP contribution < -0.4 is 0 Å². The van der Waals surface area contributed by atoms with Crippen molar-refractivity contribution in [2.24, 2.45) is 11.8 Å². The average Bonchev–Trinajstić information content (AvgIpc) is 3.01. The average molecular weight is 491 g/mol. The van der Waals surface area contributed by atoms with E-state index in [-0.39, 0.29) is 0 Å². The van der Waals surface area contributed by atoms with Gasteiger partial charge < -0.3 is 0 Å². The van der Waals surface area contributed by atoms with Gasteiger partial charge in [0, 0.05) is 11.8 Å². The highest BCUT2D eigenvalue weighted by Crippen LogP contribution is 2.46. The summed E-state index contributed by atoms with van der Waals surface area (Å²) >= 11 is 0. The molecular weight excluding hydrogens is 456 g/mol. The molecule has 2 atom stereocenters. The number of fused-ring (bicyclic) bond motifs is 2. The molecule has 0 aromatic heterocycles. The number of allylic oxidation sites excluding steroid dienone is 16. The van der Waals surface area contributed by atoms with E-state index in [2.05, 4.69) is 121 Å². The summed E-state index contributed by atoms with van der Waals surface area (Å²) in [6.07, 6.45) is 34.9. The summed E-state index contributed by atoms with van der Waals surface area (Å²) < 4.78 is 0. The van der Waals surface area contributed by atoms with Crippen molar-refractivity contribution >= 4 is 32.7 Å². The molecule has 0 heteroatoms. The second-order valence-corrected chi connectivity index (χ2v) is 11.0. The van der Waals surface area contributed by atoms with E-state index in [1.54, 1.807) is 0 Å². The molecule has 2 unspecified atom stereocenters. The van der Waals surface area contributed by atoms with Crippen molar-refractivity contribution in [3.63, 3.8) is 0 Å². The number of rotatable bonds is 4. The zero-order chi connectivity index (χ0) is 25.3. The lowest BCUT2D eigenvalue weighted by atomic mass is 9.75. The molecule has 0 heterocycles. The lowest BCUT2D eigenvalue weighted by Gasteiger charge is -2.29. The molecule has 0 spiro atoms. The van der Waals surface area contributed by atoms with Crippen LogP contribution in [0.4, 0.5) is 0 Å². The molecule has 0 saturated heterocycles. The lowest BCUT2D eigenvalue weighted by Crippen LogP contribution is -2.12. The third-order valence-electron chi connectivity index (χ3n) is 8.62.